The van der Waals surface area contributed by atoms with Gasteiger partial charge in [0, 0.05) is 18.5 Å². The predicted molar refractivity (Wildman–Crippen MR) is 59.2 cm³/mol. The SMILES string of the molecule is O=C1CCC(O)N1c1cc(C(F)(F)F)cc(C(F)(F)F)c1. The van der Waals surface area contributed by atoms with E-state index >= 15 is 0 Å². The molecular weight excluding hydrogens is 304 g/mol. The van der Waals surface area contributed by atoms with Crippen LogP contribution < -0.4 is 4.90 Å². The highest BCUT2D eigenvalue weighted by atomic mass is 19.4. The number of rotatable bonds is 1. The minimum Gasteiger partial charge on any atom is -0.373 e. The van der Waals surface area contributed by atoms with E-state index in [1.165, 1.54) is 0 Å². The minimum atomic E-state index is -5.00. The molecule has 1 unspecified atom stereocenters. The lowest BCUT2D eigenvalue weighted by atomic mass is 10.1. The molecule has 1 atom stereocenters. The van der Waals surface area contributed by atoms with Crippen LogP contribution in [0.3, 0.4) is 0 Å². The fourth-order valence-corrected chi connectivity index (χ4v) is 2.06. The molecule has 1 aliphatic heterocycles. The Morgan fingerprint density at radius 2 is 1.48 bits per heavy atom. The van der Waals surface area contributed by atoms with Gasteiger partial charge in [-0.2, -0.15) is 26.3 Å². The number of hydrogen-bond donors (Lipinski definition) is 1. The van der Waals surface area contributed by atoms with Gasteiger partial charge in [0.25, 0.3) is 0 Å². The molecule has 0 saturated carbocycles. The van der Waals surface area contributed by atoms with Crippen molar-refractivity contribution in [3.05, 3.63) is 29.3 Å². The first-order chi connectivity index (χ1) is 9.50. The van der Waals surface area contributed by atoms with Gasteiger partial charge < -0.3 is 5.11 Å². The van der Waals surface area contributed by atoms with Gasteiger partial charge >= 0.3 is 12.4 Å². The number of nitrogens with zero attached hydrogens (tertiary/aromatic N) is 1. The van der Waals surface area contributed by atoms with Crippen molar-refractivity contribution in [2.45, 2.75) is 31.4 Å². The Hall–Kier alpha value is -1.77. The van der Waals surface area contributed by atoms with E-state index in [0.717, 1.165) is 0 Å². The summed E-state index contributed by atoms with van der Waals surface area (Å²) >= 11 is 0. The zero-order valence-corrected chi connectivity index (χ0v) is 10.3. The molecule has 1 fully saturated rings. The van der Waals surface area contributed by atoms with Gasteiger partial charge in [0.05, 0.1) is 11.1 Å². The molecule has 0 aliphatic carbocycles. The topological polar surface area (TPSA) is 40.5 Å². The summed E-state index contributed by atoms with van der Waals surface area (Å²) in [6.07, 6.45) is -11.6. The Bertz CT molecular complexity index is 534. The minimum absolute atomic E-state index is 0.0313. The van der Waals surface area contributed by atoms with E-state index in [2.05, 4.69) is 0 Å². The normalized spacial score (nSPS) is 20.2. The Morgan fingerprint density at radius 1 is 1.00 bits per heavy atom. The summed E-state index contributed by atoms with van der Waals surface area (Å²) in [4.78, 5) is 12.1. The summed E-state index contributed by atoms with van der Waals surface area (Å²) in [5.74, 6) is -0.727. The Balaban J connectivity index is 2.58. The first-order valence-electron chi connectivity index (χ1n) is 5.80. The van der Waals surface area contributed by atoms with E-state index in [0.29, 0.717) is 17.0 Å². The molecule has 21 heavy (non-hydrogen) atoms. The fourth-order valence-electron chi connectivity index (χ4n) is 2.06. The number of amides is 1. The molecule has 1 amide bonds. The Labute approximate surface area is 114 Å². The molecule has 1 aliphatic rings. The van der Waals surface area contributed by atoms with Gasteiger partial charge in [-0.15, -0.1) is 0 Å². The van der Waals surface area contributed by atoms with Crippen molar-refractivity contribution >= 4 is 11.6 Å². The third kappa shape index (κ3) is 3.12. The van der Waals surface area contributed by atoms with Crippen molar-refractivity contribution in [3.8, 4) is 0 Å². The molecule has 1 N–H and O–H groups in total. The molecule has 0 bridgehead atoms. The van der Waals surface area contributed by atoms with Gasteiger partial charge in [-0.05, 0) is 18.2 Å². The van der Waals surface area contributed by atoms with Crippen LogP contribution in [-0.4, -0.2) is 17.2 Å². The number of aliphatic hydroxyl groups excluding tert-OH is 1. The van der Waals surface area contributed by atoms with Gasteiger partial charge in [-0.1, -0.05) is 0 Å². The second kappa shape index (κ2) is 4.90. The first-order valence-corrected chi connectivity index (χ1v) is 5.80. The van der Waals surface area contributed by atoms with E-state index in [4.69, 9.17) is 0 Å². The van der Waals surface area contributed by atoms with Crippen molar-refractivity contribution in [1.29, 1.82) is 0 Å². The highest BCUT2D eigenvalue weighted by Gasteiger charge is 2.39. The molecule has 0 aromatic heterocycles. The number of hydrogen-bond acceptors (Lipinski definition) is 2. The summed E-state index contributed by atoms with van der Waals surface area (Å²) in [5.41, 5.74) is -3.68. The van der Waals surface area contributed by atoms with Crippen molar-refractivity contribution in [2.24, 2.45) is 0 Å². The van der Waals surface area contributed by atoms with Crippen molar-refractivity contribution in [2.75, 3.05) is 4.90 Å². The average molecular weight is 313 g/mol. The zero-order valence-electron chi connectivity index (χ0n) is 10.3. The van der Waals surface area contributed by atoms with Crippen LogP contribution in [0, 0.1) is 0 Å². The predicted octanol–water partition coefficient (Wildman–Crippen LogP) is 3.17. The number of carbonyl (C=O) groups is 1. The van der Waals surface area contributed by atoms with Gasteiger partial charge in [0.1, 0.15) is 6.23 Å². The molecule has 2 rings (SSSR count). The number of alkyl halides is 6. The highest BCUT2D eigenvalue weighted by molar-refractivity contribution is 5.96. The number of anilines is 1. The molecule has 1 aromatic rings. The molecule has 3 nitrogen and oxygen atoms in total. The summed E-state index contributed by atoms with van der Waals surface area (Å²) < 4.78 is 76.1. The van der Waals surface area contributed by atoms with E-state index in [1.807, 2.05) is 0 Å². The lowest BCUT2D eigenvalue weighted by Crippen LogP contribution is -2.33. The number of halogens is 6. The summed E-state index contributed by atoms with van der Waals surface area (Å²) in [5, 5.41) is 9.54. The molecule has 0 spiro atoms. The van der Waals surface area contributed by atoms with Gasteiger partial charge in [-0.3, -0.25) is 9.69 Å². The third-order valence-corrected chi connectivity index (χ3v) is 3.03. The fraction of sp³-hybridized carbons (Fsp3) is 0.417. The number of carbonyl (C=O) groups excluding carboxylic acids is 1. The maximum Gasteiger partial charge on any atom is 0.416 e. The zero-order chi connectivity index (χ0) is 16.0. The molecule has 1 aromatic carbocycles. The Morgan fingerprint density at radius 3 is 1.81 bits per heavy atom. The lowest BCUT2D eigenvalue weighted by Gasteiger charge is -2.23. The van der Waals surface area contributed by atoms with E-state index < -0.39 is 41.3 Å². The standard InChI is InChI=1S/C12H9F6NO2/c13-11(14,15)6-3-7(12(16,17)18)5-8(4-6)19-9(20)1-2-10(19)21/h3-5,9,20H,1-2H2. The van der Waals surface area contributed by atoms with Crippen LogP contribution in [0.15, 0.2) is 18.2 Å². The van der Waals surface area contributed by atoms with Crippen molar-refractivity contribution < 1.29 is 36.2 Å². The maximum absolute atomic E-state index is 12.7. The number of aliphatic hydroxyl groups is 1. The quantitative estimate of drug-likeness (QED) is 0.809. The monoisotopic (exact) mass is 313 g/mol. The molecule has 1 saturated heterocycles. The lowest BCUT2D eigenvalue weighted by molar-refractivity contribution is -0.143. The van der Waals surface area contributed by atoms with Crippen LogP contribution in [-0.2, 0) is 17.1 Å². The van der Waals surface area contributed by atoms with Crippen LogP contribution in [0.2, 0.25) is 0 Å². The van der Waals surface area contributed by atoms with Crippen molar-refractivity contribution in [1.82, 2.24) is 0 Å². The molecule has 0 radical (unpaired) electrons. The smallest absolute Gasteiger partial charge is 0.373 e. The van der Waals surface area contributed by atoms with Gasteiger partial charge in [0.15, 0.2) is 0 Å². The van der Waals surface area contributed by atoms with Crippen LogP contribution in [0.4, 0.5) is 32.0 Å². The van der Waals surface area contributed by atoms with Crippen molar-refractivity contribution in [3.63, 3.8) is 0 Å². The second-order valence-electron chi connectivity index (χ2n) is 4.55. The van der Waals surface area contributed by atoms with E-state index in [9.17, 15) is 36.2 Å². The molecule has 116 valence electrons. The molecular formula is C12H9F6NO2. The second-order valence-corrected chi connectivity index (χ2v) is 4.55. The first kappa shape index (κ1) is 15.6. The van der Waals surface area contributed by atoms with Crippen LogP contribution in [0.25, 0.3) is 0 Å². The van der Waals surface area contributed by atoms with Gasteiger partial charge in [0.2, 0.25) is 5.91 Å². The molecule has 9 heteroatoms. The maximum atomic E-state index is 12.7. The summed E-state index contributed by atoms with van der Waals surface area (Å²) in [6.45, 7) is 0. The summed E-state index contributed by atoms with van der Waals surface area (Å²) in [6, 6.07) is 0.805. The van der Waals surface area contributed by atoms with Crippen LogP contribution in [0.5, 0.6) is 0 Å². The van der Waals surface area contributed by atoms with Gasteiger partial charge in [-0.25, -0.2) is 0 Å². The third-order valence-electron chi connectivity index (χ3n) is 3.03. The molecule has 1 heterocycles. The van der Waals surface area contributed by atoms with Crippen LogP contribution >= 0.6 is 0 Å². The van der Waals surface area contributed by atoms with E-state index in [1.54, 1.807) is 0 Å². The largest absolute Gasteiger partial charge is 0.416 e. The van der Waals surface area contributed by atoms with E-state index in [-0.39, 0.29) is 18.9 Å². The number of benzene rings is 1. The highest BCUT2D eigenvalue weighted by Crippen LogP contribution is 2.39. The van der Waals surface area contributed by atoms with Crippen LogP contribution in [0.1, 0.15) is 24.0 Å². The average Bonchev–Trinajstić information content (AvgIpc) is 2.66. The summed E-state index contributed by atoms with van der Waals surface area (Å²) in [7, 11) is 0. The Kier molecular flexibility index (Phi) is 3.64.